The van der Waals surface area contributed by atoms with Crippen molar-refractivity contribution in [2.24, 2.45) is 0 Å². The lowest BCUT2D eigenvalue weighted by molar-refractivity contribution is 0.340. The SMILES string of the molecule is CCOc1ccc(NC(=S)Nc2cc3ccncc3c3ncccc23)cc1. The first-order valence-corrected chi connectivity index (χ1v) is 9.08. The van der Waals surface area contributed by atoms with Crippen molar-refractivity contribution >= 4 is 50.4 Å². The highest BCUT2D eigenvalue weighted by Gasteiger charge is 2.09. The lowest BCUT2D eigenvalue weighted by atomic mass is 10.1. The predicted octanol–water partition coefficient (Wildman–Crippen LogP) is 4.99. The van der Waals surface area contributed by atoms with Crippen molar-refractivity contribution in [3.63, 3.8) is 0 Å². The van der Waals surface area contributed by atoms with Crippen LogP contribution in [0.4, 0.5) is 11.4 Å². The predicted molar refractivity (Wildman–Crippen MR) is 114 cm³/mol. The molecule has 6 heteroatoms. The number of hydrogen-bond acceptors (Lipinski definition) is 4. The zero-order valence-corrected chi connectivity index (χ0v) is 15.6. The van der Waals surface area contributed by atoms with E-state index in [2.05, 4.69) is 26.7 Å². The van der Waals surface area contributed by atoms with Gasteiger partial charge in [-0.1, -0.05) is 0 Å². The molecule has 0 amide bonds. The molecule has 0 radical (unpaired) electrons. The van der Waals surface area contributed by atoms with Gasteiger partial charge >= 0.3 is 0 Å². The maximum Gasteiger partial charge on any atom is 0.175 e. The topological polar surface area (TPSA) is 59.1 Å². The first-order chi connectivity index (χ1) is 13.2. The Morgan fingerprint density at radius 1 is 1.04 bits per heavy atom. The van der Waals surface area contributed by atoms with Crippen LogP contribution in [0, 0.1) is 0 Å². The van der Waals surface area contributed by atoms with Gasteiger partial charge in [-0.25, -0.2) is 0 Å². The van der Waals surface area contributed by atoms with Crippen molar-refractivity contribution < 1.29 is 4.74 Å². The number of thiocarbonyl (C=S) groups is 1. The van der Waals surface area contributed by atoms with E-state index in [1.807, 2.05) is 55.6 Å². The summed E-state index contributed by atoms with van der Waals surface area (Å²) in [5.74, 6) is 0.835. The Kier molecular flexibility index (Phi) is 4.80. The number of hydrogen-bond donors (Lipinski definition) is 2. The maximum atomic E-state index is 5.50. The summed E-state index contributed by atoms with van der Waals surface area (Å²) in [5.41, 5.74) is 2.69. The zero-order valence-electron chi connectivity index (χ0n) is 14.8. The number of nitrogens with one attached hydrogen (secondary N) is 2. The van der Waals surface area contributed by atoms with Gasteiger partial charge in [0.25, 0.3) is 0 Å². The summed E-state index contributed by atoms with van der Waals surface area (Å²) in [7, 11) is 0. The van der Waals surface area contributed by atoms with Gasteiger partial charge in [0.2, 0.25) is 0 Å². The van der Waals surface area contributed by atoms with Gasteiger partial charge < -0.3 is 15.4 Å². The second-order valence-electron chi connectivity index (χ2n) is 5.96. The molecular formula is C21H18N4OS. The molecule has 5 nitrogen and oxygen atoms in total. The Morgan fingerprint density at radius 2 is 1.89 bits per heavy atom. The average Bonchev–Trinajstić information content (AvgIpc) is 2.70. The third-order valence-electron chi connectivity index (χ3n) is 4.18. The minimum absolute atomic E-state index is 0.512. The van der Waals surface area contributed by atoms with Crippen LogP contribution in [0.5, 0.6) is 5.75 Å². The minimum atomic E-state index is 0.512. The maximum absolute atomic E-state index is 5.50. The fourth-order valence-electron chi connectivity index (χ4n) is 2.99. The third kappa shape index (κ3) is 3.66. The highest BCUT2D eigenvalue weighted by molar-refractivity contribution is 7.80. The van der Waals surface area contributed by atoms with E-state index in [1.54, 1.807) is 12.4 Å². The average molecular weight is 374 g/mol. The highest BCUT2D eigenvalue weighted by Crippen LogP contribution is 2.30. The molecule has 2 aromatic heterocycles. The monoisotopic (exact) mass is 374 g/mol. The lowest BCUT2D eigenvalue weighted by Gasteiger charge is -2.14. The molecule has 4 rings (SSSR count). The first kappa shape index (κ1) is 17.2. The van der Waals surface area contributed by atoms with Gasteiger partial charge in [0, 0.05) is 35.1 Å². The van der Waals surface area contributed by atoms with Gasteiger partial charge in [0.1, 0.15) is 5.75 Å². The number of anilines is 2. The minimum Gasteiger partial charge on any atom is -0.494 e. The molecule has 0 spiro atoms. The van der Waals surface area contributed by atoms with Crippen molar-refractivity contribution in [3.8, 4) is 5.75 Å². The Hall–Kier alpha value is -3.25. The van der Waals surface area contributed by atoms with Crippen LogP contribution in [0.2, 0.25) is 0 Å². The van der Waals surface area contributed by atoms with E-state index in [1.165, 1.54) is 0 Å². The Morgan fingerprint density at radius 3 is 2.70 bits per heavy atom. The zero-order chi connectivity index (χ0) is 18.6. The second kappa shape index (κ2) is 7.55. The molecule has 0 aliphatic rings. The molecule has 2 aromatic carbocycles. The fraction of sp³-hybridized carbons (Fsp3) is 0.0952. The van der Waals surface area contributed by atoms with Gasteiger partial charge in [-0.2, -0.15) is 0 Å². The van der Waals surface area contributed by atoms with Gasteiger partial charge in [0.15, 0.2) is 5.11 Å². The van der Waals surface area contributed by atoms with Gasteiger partial charge in [-0.05, 0) is 73.1 Å². The van der Waals surface area contributed by atoms with Crippen LogP contribution >= 0.6 is 12.2 Å². The molecule has 0 bridgehead atoms. The Bertz CT molecular complexity index is 1110. The number of benzene rings is 2. The first-order valence-electron chi connectivity index (χ1n) is 8.67. The van der Waals surface area contributed by atoms with Gasteiger partial charge in [-0.3, -0.25) is 9.97 Å². The normalized spacial score (nSPS) is 10.7. The molecule has 0 aliphatic heterocycles. The standard InChI is InChI=1S/C21H18N4OS/c1-2-26-16-7-5-15(6-8-16)24-21(27)25-19-12-14-9-11-22-13-18(14)20-17(19)4-3-10-23-20/h3-13H,2H2,1H3,(H2,24,25,27). The number of pyridine rings is 2. The summed E-state index contributed by atoms with van der Waals surface area (Å²) in [6, 6.07) is 15.7. The van der Waals surface area contributed by atoms with Crippen molar-refractivity contribution in [3.05, 3.63) is 67.1 Å². The number of nitrogens with zero attached hydrogens (tertiary/aromatic N) is 2. The molecule has 0 atom stereocenters. The van der Waals surface area contributed by atoms with Crippen LogP contribution in [0.1, 0.15) is 6.92 Å². The molecule has 27 heavy (non-hydrogen) atoms. The molecule has 0 saturated carbocycles. The third-order valence-corrected chi connectivity index (χ3v) is 4.38. The van der Waals surface area contributed by atoms with Crippen molar-refractivity contribution in [2.45, 2.75) is 6.92 Å². The van der Waals surface area contributed by atoms with E-state index < -0.39 is 0 Å². The van der Waals surface area contributed by atoms with Crippen molar-refractivity contribution in [1.82, 2.24) is 9.97 Å². The molecule has 134 valence electrons. The van der Waals surface area contributed by atoms with E-state index in [9.17, 15) is 0 Å². The molecule has 0 saturated heterocycles. The summed E-state index contributed by atoms with van der Waals surface area (Å²) >= 11 is 5.50. The molecule has 2 heterocycles. The summed E-state index contributed by atoms with van der Waals surface area (Å²) in [6.45, 7) is 2.61. The van der Waals surface area contributed by atoms with Crippen LogP contribution in [0.3, 0.4) is 0 Å². The van der Waals surface area contributed by atoms with Crippen molar-refractivity contribution in [1.29, 1.82) is 0 Å². The van der Waals surface area contributed by atoms with Crippen LogP contribution in [0.25, 0.3) is 21.7 Å². The van der Waals surface area contributed by atoms with E-state index in [0.29, 0.717) is 11.7 Å². The Labute approximate surface area is 162 Å². The van der Waals surface area contributed by atoms with Crippen LogP contribution < -0.4 is 15.4 Å². The molecule has 0 unspecified atom stereocenters. The molecule has 4 aromatic rings. The number of fused-ring (bicyclic) bond motifs is 3. The van der Waals surface area contributed by atoms with Crippen LogP contribution in [-0.4, -0.2) is 21.7 Å². The second-order valence-corrected chi connectivity index (χ2v) is 6.37. The van der Waals surface area contributed by atoms with E-state index in [4.69, 9.17) is 17.0 Å². The molecular weight excluding hydrogens is 356 g/mol. The molecule has 0 aliphatic carbocycles. The highest BCUT2D eigenvalue weighted by atomic mass is 32.1. The van der Waals surface area contributed by atoms with E-state index in [0.717, 1.165) is 38.8 Å². The number of rotatable bonds is 4. The molecule has 2 N–H and O–H groups in total. The quantitative estimate of drug-likeness (QED) is 0.388. The fourth-order valence-corrected chi connectivity index (χ4v) is 3.22. The van der Waals surface area contributed by atoms with Crippen LogP contribution in [0.15, 0.2) is 67.1 Å². The smallest absolute Gasteiger partial charge is 0.175 e. The largest absolute Gasteiger partial charge is 0.494 e. The van der Waals surface area contributed by atoms with Gasteiger partial charge in [-0.15, -0.1) is 0 Å². The summed E-state index contributed by atoms with van der Waals surface area (Å²) in [5, 5.41) is 10.1. The Balaban J connectivity index is 1.61. The van der Waals surface area contributed by atoms with Crippen LogP contribution in [-0.2, 0) is 0 Å². The van der Waals surface area contributed by atoms with E-state index in [-0.39, 0.29) is 0 Å². The molecule has 0 fully saturated rings. The van der Waals surface area contributed by atoms with Gasteiger partial charge in [0.05, 0.1) is 17.8 Å². The lowest BCUT2D eigenvalue weighted by Crippen LogP contribution is -2.19. The van der Waals surface area contributed by atoms with Crippen molar-refractivity contribution in [2.75, 3.05) is 17.2 Å². The van der Waals surface area contributed by atoms with E-state index >= 15 is 0 Å². The number of aromatic nitrogens is 2. The summed E-state index contributed by atoms with van der Waals surface area (Å²) < 4.78 is 5.46. The number of ether oxygens (including phenoxy) is 1. The summed E-state index contributed by atoms with van der Waals surface area (Å²) in [4.78, 5) is 8.75. The summed E-state index contributed by atoms with van der Waals surface area (Å²) in [6.07, 6.45) is 5.40.